The van der Waals surface area contributed by atoms with Gasteiger partial charge in [0.15, 0.2) is 0 Å². The van der Waals surface area contributed by atoms with Crippen molar-refractivity contribution in [1.29, 1.82) is 0 Å². The lowest BCUT2D eigenvalue weighted by molar-refractivity contribution is -0.122. The van der Waals surface area contributed by atoms with E-state index in [1.807, 2.05) is 0 Å². The van der Waals surface area contributed by atoms with E-state index in [2.05, 4.69) is 27.5 Å². The maximum Gasteiger partial charge on any atom is 0.222 e. The third-order valence-corrected chi connectivity index (χ3v) is 3.59. The Labute approximate surface area is 108 Å². The maximum absolute atomic E-state index is 11.7. The smallest absolute Gasteiger partial charge is 0.222 e. The molecule has 0 aliphatic carbocycles. The molecule has 2 heterocycles. The van der Waals surface area contributed by atoms with Gasteiger partial charge in [0, 0.05) is 52.1 Å². The van der Waals surface area contributed by atoms with Crippen molar-refractivity contribution < 1.29 is 9.59 Å². The Balaban J connectivity index is 1.61. The van der Waals surface area contributed by atoms with Crippen LogP contribution < -0.4 is 10.6 Å². The number of hydrogen-bond acceptors (Lipinski definition) is 4. The lowest BCUT2D eigenvalue weighted by atomic mass is 10.2. The highest BCUT2D eigenvalue weighted by Gasteiger charge is 2.23. The van der Waals surface area contributed by atoms with E-state index in [9.17, 15) is 9.59 Å². The van der Waals surface area contributed by atoms with Crippen LogP contribution in [0.4, 0.5) is 0 Å². The van der Waals surface area contributed by atoms with Gasteiger partial charge in [-0.3, -0.25) is 9.59 Å². The predicted molar refractivity (Wildman–Crippen MR) is 68.1 cm³/mol. The number of nitrogens with zero attached hydrogens (tertiary/aromatic N) is 2. The van der Waals surface area contributed by atoms with Crippen molar-refractivity contribution in [3.8, 4) is 0 Å². The molecule has 0 spiro atoms. The molecule has 1 unspecified atom stereocenters. The van der Waals surface area contributed by atoms with Crippen LogP contribution in [0.1, 0.15) is 12.8 Å². The van der Waals surface area contributed by atoms with Gasteiger partial charge in [0.25, 0.3) is 0 Å². The summed E-state index contributed by atoms with van der Waals surface area (Å²) in [7, 11) is 2.12. The molecule has 2 aliphatic heterocycles. The van der Waals surface area contributed by atoms with Crippen molar-refractivity contribution in [3.63, 3.8) is 0 Å². The molecule has 0 radical (unpaired) electrons. The normalized spacial score (nSPS) is 26.1. The maximum atomic E-state index is 11.7. The van der Waals surface area contributed by atoms with Gasteiger partial charge in [-0.25, -0.2) is 0 Å². The first-order chi connectivity index (χ1) is 8.63. The molecule has 2 N–H and O–H groups in total. The molecule has 0 bridgehead atoms. The zero-order valence-electron chi connectivity index (χ0n) is 10.9. The summed E-state index contributed by atoms with van der Waals surface area (Å²) in [5, 5.41) is 5.61. The quantitative estimate of drug-likeness (QED) is 0.649. The Morgan fingerprint density at radius 2 is 2.11 bits per heavy atom. The van der Waals surface area contributed by atoms with Crippen LogP contribution in [0.3, 0.4) is 0 Å². The fourth-order valence-corrected chi connectivity index (χ4v) is 2.34. The van der Waals surface area contributed by atoms with E-state index in [0.29, 0.717) is 19.4 Å². The SMILES string of the molecule is CN1CCN(CCC(=O)NC2CNC(=O)C2)CC1. The first-order valence-electron chi connectivity index (χ1n) is 6.60. The highest BCUT2D eigenvalue weighted by atomic mass is 16.2. The molecular formula is C12H22N4O2. The lowest BCUT2D eigenvalue weighted by Crippen LogP contribution is -2.46. The monoisotopic (exact) mass is 254 g/mol. The number of carbonyl (C=O) groups is 2. The summed E-state index contributed by atoms with van der Waals surface area (Å²) in [5.74, 6) is 0.0785. The van der Waals surface area contributed by atoms with Crippen molar-refractivity contribution >= 4 is 11.8 Å². The minimum absolute atomic E-state index is 0.0162. The molecule has 2 fully saturated rings. The van der Waals surface area contributed by atoms with Crippen molar-refractivity contribution in [2.75, 3.05) is 46.3 Å². The van der Waals surface area contributed by atoms with E-state index in [4.69, 9.17) is 0 Å². The fourth-order valence-electron chi connectivity index (χ4n) is 2.34. The fraction of sp³-hybridized carbons (Fsp3) is 0.833. The topological polar surface area (TPSA) is 64.7 Å². The Hall–Kier alpha value is -1.14. The average molecular weight is 254 g/mol. The molecule has 2 saturated heterocycles. The van der Waals surface area contributed by atoms with Gasteiger partial charge < -0.3 is 20.4 Å². The van der Waals surface area contributed by atoms with E-state index < -0.39 is 0 Å². The van der Waals surface area contributed by atoms with E-state index >= 15 is 0 Å². The van der Waals surface area contributed by atoms with Gasteiger partial charge in [-0.05, 0) is 7.05 Å². The number of carbonyl (C=O) groups excluding carboxylic acids is 2. The van der Waals surface area contributed by atoms with Crippen molar-refractivity contribution in [1.82, 2.24) is 20.4 Å². The molecule has 2 aliphatic rings. The zero-order chi connectivity index (χ0) is 13.0. The van der Waals surface area contributed by atoms with Crippen LogP contribution in [0.2, 0.25) is 0 Å². The Kier molecular flexibility index (Phi) is 4.54. The highest BCUT2D eigenvalue weighted by molar-refractivity contribution is 5.82. The van der Waals surface area contributed by atoms with Crippen molar-refractivity contribution in [3.05, 3.63) is 0 Å². The summed E-state index contributed by atoms with van der Waals surface area (Å²) < 4.78 is 0. The highest BCUT2D eigenvalue weighted by Crippen LogP contribution is 2.02. The molecule has 6 nitrogen and oxygen atoms in total. The second kappa shape index (κ2) is 6.15. The van der Waals surface area contributed by atoms with Gasteiger partial charge in [-0.15, -0.1) is 0 Å². The summed E-state index contributed by atoms with van der Waals surface area (Å²) in [6.45, 7) is 5.60. The first kappa shape index (κ1) is 13.3. The summed E-state index contributed by atoms with van der Waals surface area (Å²) in [6, 6.07) is -0.0162. The molecule has 102 valence electrons. The largest absolute Gasteiger partial charge is 0.354 e. The summed E-state index contributed by atoms with van der Waals surface area (Å²) in [5.41, 5.74) is 0. The van der Waals surface area contributed by atoms with Crippen LogP contribution in [-0.4, -0.2) is 74.0 Å². The summed E-state index contributed by atoms with van der Waals surface area (Å²) >= 11 is 0. The lowest BCUT2D eigenvalue weighted by Gasteiger charge is -2.32. The van der Waals surface area contributed by atoms with E-state index in [1.54, 1.807) is 0 Å². The molecule has 0 aromatic heterocycles. The second-order valence-corrected chi connectivity index (χ2v) is 5.17. The van der Waals surface area contributed by atoms with Gasteiger partial charge in [0.2, 0.25) is 11.8 Å². The molecule has 0 aromatic rings. The number of likely N-dealkylation sites (N-methyl/N-ethyl adjacent to an activating group) is 1. The molecule has 2 amide bonds. The van der Waals surface area contributed by atoms with E-state index in [1.165, 1.54) is 0 Å². The molecule has 2 rings (SSSR count). The molecule has 0 aromatic carbocycles. The molecule has 6 heteroatoms. The Morgan fingerprint density at radius 1 is 1.39 bits per heavy atom. The van der Waals surface area contributed by atoms with Gasteiger partial charge >= 0.3 is 0 Å². The predicted octanol–water partition coefficient (Wildman–Crippen LogP) is -1.37. The van der Waals surface area contributed by atoms with Crippen LogP contribution in [0.15, 0.2) is 0 Å². The van der Waals surface area contributed by atoms with Crippen LogP contribution in [0.5, 0.6) is 0 Å². The van der Waals surface area contributed by atoms with Crippen LogP contribution in [-0.2, 0) is 9.59 Å². The van der Waals surface area contributed by atoms with Crippen molar-refractivity contribution in [2.45, 2.75) is 18.9 Å². The zero-order valence-corrected chi connectivity index (χ0v) is 10.9. The van der Waals surface area contributed by atoms with Crippen LogP contribution in [0.25, 0.3) is 0 Å². The minimum atomic E-state index is -0.0162. The number of nitrogens with one attached hydrogen (secondary N) is 2. The Bertz CT molecular complexity index is 313. The number of piperazine rings is 1. The molecule has 18 heavy (non-hydrogen) atoms. The first-order valence-corrected chi connectivity index (χ1v) is 6.60. The number of amides is 2. The third-order valence-electron chi connectivity index (χ3n) is 3.59. The Morgan fingerprint density at radius 3 is 2.72 bits per heavy atom. The standard InChI is InChI=1S/C12H22N4O2/c1-15-4-6-16(7-5-15)3-2-11(17)14-10-8-12(18)13-9-10/h10H,2-9H2,1H3,(H,13,18)(H,14,17). The molecular weight excluding hydrogens is 232 g/mol. The van der Waals surface area contributed by atoms with Crippen LogP contribution in [0, 0.1) is 0 Å². The van der Waals surface area contributed by atoms with Gasteiger partial charge in [-0.1, -0.05) is 0 Å². The van der Waals surface area contributed by atoms with E-state index in [-0.39, 0.29) is 17.9 Å². The summed E-state index contributed by atoms with van der Waals surface area (Å²) in [4.78, 5) is 27.3. The van der Waals surface area contributed by atoms with Gasteiger partial charge in [0.05, 0.1) is 6.04 Å². The third kappa shape index (κ3) is 3.96. The molecule has 0 saturated carbocycles. The van der Waals surface area contributed by atoms with Crippen molar-refractivity contribution in [2.24, 2.45) is 0 Å². The summed E-state index contributed by atoms with van der Waals surface area (Å²) in [6.07, 6.45) is 0.939. The van der Waals surface area contributed by atoms with Crippen LogP contribution >= 0.6 is 0 Å². The van der Waals surface area contributed by atoms with Gasteiger partial charge in [0.1, 0.15) is 0 Å². The number of hydrogen-bond donors (Lipinski definition) is 2. The van der Waals surface area contributed by atoms with E-state index in [0.717, 1.165) is 32.7 Å². The average Bonchev–Trinajstić information content (AvgIpc) is 2.74. The molecule has 1 atom stereocenters. The minimum Gasteiger partial charge on any atom is -0.354 e. The van der Waals surface area contributed by atoms with Gasteiger partial charge in [-0.2, -0.15) is 0 Å². The second-order valence-electron chi connectivity index (χ2n) is 5.17. The number of rotatable bonds is 4.